The molecule has 0 amide bonds. The molecule has 0 spiro atoms. The molecule has 1 aromatic heterocycles. The second kappa shape index (κ2) is 7.23. The monoisotopic (exact) mass is 420 g/mol. The Bertz CT molecular complexity index is 1440. The fraction of sp³-hybridized carbons (Fsp3) is 0.0455. The standard InChI is InChI=1S/C22H16N2O5S/c1-14-7-10-17(11-8-14)30(28,29)21-20(15-5-3-2-4-6-15)18-13-16(24(26)27)9-12-19(18)23-22(21)25/h2-13H,1H3,(H,23,25). The SMILES string of the molecule is Cc1ccc(S(=O)(=O)c2c(-c3ccccc3)c3cc([N+](=O)[O-])ccc3[nH]c2=O)cc1. The van der Waals surface area contributed by atoms with Gasteiger partial charge in [-0.15, -0.1) is 0 Å². The molecule has 0 saturated carbocycles. The van der Waals surface area contributed by atoms with Gasteiger partial charge in [0.1, 0.15) is 4.90 Å². The van der Waals surface area contributed by atoms with Gasteiger partial charge >= 0.3 is 0 Å². The Labute approximate surface area is 171 Å². The topological polar surface area (TPSA) is 110 Å². The van der Waals surface area contributed by atoms with Crippen molar-refractivity contribution in [2.75, 3.05) is 0 Å². The van der Waals surface area contributed by atoms with Crippen molar-refractivity contribution < 1.29 is 13.3 Å². The first-order valence-electron chi connectivity index (χ1n) is 9.00. The van der Waals surface area contributed by atoms with Gasteiger partial charge in [-0.25, -0.2) is 8.42 Å². The maximum atomic E-state index is 13.5. The van der Waals surface area contributed by atoms with Crippen LogP contribution in [-0.2, 0) is 9.84 Å². The number of nitrogens with one attached hydrogen (secondary N) is 1. The Kier molecular flexibility index (Phi) is 4.71. The maximum Gasteiger partial charge on any atom is 0.270 e. The zero-order valence-corrected chi connectivity index (χ0v) is 16.6. The molecule has 150 valence electrons. The van der Waals surface area contributed by atoms with Crippen LogP contribution in [0.2, 0.25) is 0 Å². The van der Waals surface area contributed by atoms with Crippen LogP contribution in [0.4, 0.5) is 5.69 Å². The number of H-pyrrole nitrogens is 1. The zero-order valence-electron chi connectivity index (χ0n) is 15.8. The predicted octanol–water partition coefficient (Wildman–Crippen LogP) is 4.24. The van der Waals surface area contributed by atoms with E-state index in [2.05, 4.69) is 4.98 Å². The first kappa shape index (κ1) is 19.5. The maximum absolute atomic E-state index is 13.5. The predicted molar refractivity (Wildman–Crippen MR) is 113 cm³/mol. The van der Waals surface area contributed by atoms with Crippen molar-refractivity contribution in [3.8, 4) is 11.1 Å². The van der Waals surface area contributed by atoms with E-state index < -0.39 is 25.2 Å². The summed E-state index contributed by atoms with van der Waals surface area (Å²) < 4.78 is 26.9. The molecule has 0 saturated heterocycles. The van der Waals surface area contributed by atoms with Crippen molar-refractivity contribution in [2.45, 2.75) is 16.7 Å². The molecule has 4 rings (SSSR count). The minimum Gasteiger partial charge on any atom is -0.321 e. The van der Waals surface area contributed by atoms with Gasteiger partial charge in [0.15, 0.2) is 0 Å². The highest BCUT2D eigenvalue weighted by Crippen LogP contribution is 2.35. The van der Waals surface area contributed by atoms with Gasteiger partial charge in [-0.3, -0.25) is 14.9 Å². The first-order valence-corrected chi connectivity index (χ1v) is 10.5. The van der Waals surface area contributed by atoms with Crippen molar-refractivity contribution in [1.82, 2.24) is 4.98 Å². The summed E-state index contributed by atoms with van der Waals surface area (Å²) in [7, 11) is -4.20. The van der Waals surface area contributed by atoms with Crippen LogP contribution in [-0.4, -0.2) is 18.3 Å². The van der Waals surface area contributed by atoms with E-state index >= 15 is 0 Å². The highest BCUT2D eigenvalue weighted by Gasteiger charge is 2.28. The number of hydrogen-bond donors (Lipinski definition) is 1. The van der Waals surface area contributed by atoms with Gasteiger partial charge in [0.05, 0.1) is 9.82 Å². The van der Waals surface area contributed by atoms with Crippen LogP contribution in [0.25, 0.3) is 22.0 Å². The van der Waals surface area contributed by atoms with Crippen LogP contribution in [0, 0.1) is 17.0 Å². The van der Waals surface area contributed by atoms with Gasteiger partial charge in [-0.2, -0.15) is 0 Å². The van der Waals surface area contributed by atoms with Gasteiger partial charge in [-0.1, -0.05) is 48.0 Å². The second-order valence-electron chi connectivity index (χ2n) is 6.83. The Balaban J connectivity index is 2.16. The largest absolute Gasteiger partial charge is 0.321 e. The van der Waals surface area contributed by atoms with Crippen molar-refractivity contribution in [1.29, 1.82) is 0 Å². The lowest BCUT2D eigenvalue weighted by Gasteiger charge is -2.14. The Hall–Kier alpha value is -3.78. The average molecular weight is 420 g/mol. The molecule has 0 radical (unpaired) electrons. The summed E-state index contributed by atoms with van der Waals surface area (Å²) in [6, 6.07) is 18.6. The third-order valence-electron chi connectivity index (χ3n) is 4.83. The second-order valence-corrected chi connectivity index (χ2v) is 8.71. The van der Waals surface area contributed by atoms with E-state index in [0.717, 1.165) is 5.56 Å². The van der Waals surface area contributed by atoms with Gasteiger partial charge in [0, 0.05) is 28.6 Å². The van der Waals surface area contributed by atoms with Crippen LogP contribution >= 0.6 is 0 Å². The molecule has 0 aliphatic carbocycles. The highest BCUT2D eigenvalue weighted by atomic mass is 32.2. The average Bonchev–Trinajstić information content (AvgIpc) is 2.73. The summed E-state index contributed by atoms with van der Waals surface area (Å²) in [5.41, 5.74) is 0.812. The molecule has 0 aliphatic rings. The molecule has 30 heavy (non-hydrogen) atoms. The first-order chi connectivity index (χ1) is 14.3. The molecule has 1 heterocycles. The smallest absolute Gasteiger partial charge is 0.270 e. The number of sulfone groups is 1. The van der Waals surface area contributed by atoms with Gasteiger partial charge < -0.3 is 4.98 Å². The van der Waals surface area contributed by atoms with Crippen LogP contribution < -0.4 is 5.56 Å². The van der Waals surface area contributed by atoms with E-state index in [1.54, 1.807) is 42.5 Å². The fourth-order valence-corrected chi connectivity index (χ4v) is 4.88. The van der Waals surface area contributed by atoms with E-state index in [1.807, 2.05) is 6.92 Å². The third-order valence-corrected chi connectivity index (χ3v) is 6.65. The summed E-state index contributed by atoms with van der Waals surface area (Å²) in [4.78, 5) is 25.8. The summed E-state index contributed by atoms with van der Waals surface area (Å²) in [5.74, 6) is 0. The molecule has 1 N–H and O–H groups in total. The molecular weight excluding hydrogens is 404 g/mol. The fourth-order valence-electron chi connectivity index (χ4n) is 3.36. The Morgan fingerprint density at radius 2 is 1.60 bits per heavy atom. The molecule has 0 fully saturated rings. The lowest BCUT2D eigenvalue weighted by atomic mass is 10.0. The normalized spacial score (nSPS) is 11.5. The minimum absolute atomic E-state index is 0.0273. The molecule has 7 nitrogen and oxygen atoms in total. The molecule has 0 atom stereocenters. The number of pyridine rings is 1. The Morgan fingerprint density at radius 3 is 2.23 bits per heavy atom. The number of nitro benzene ring substituents is 1. The zero-order chi connectivity index (χ0) is 21.5. The Morgan fingerprint density at radius 1 is 0.933 bits per heavy atom. The molecule has 8 heteroatoms. The molecule has 3 aromatic carbocycles. The van der Waals surface area contributed by atoms with E-state index in [0.29, 0.717) is 11.1 Å². The lowest BCUT2D eigenvalue weighted by Crippen LogP contribution is -2.20. The minimum atomic E-state index is -4.20. The number of non-ortho nitro benzene ring substituents is 1. The summed E-state index contributed by atoms with van der Waals surface area (Å²) in [6.07, 6.45) is 0. The summed E-state index contributed by atoms with van der Waals surface area (Å²) in [6.45, 7) is 1.83. The number of fused-ring (bicyclic) bond motifs is 1. The van der Waals surface area contributed by atoms with Crippen LogP contribution in [0.1, 0.15) is 5.56 Å². The van der Waals surface area contributed by atoms with E-state index in [9.17, 15) is 23.3 Å². The number of nitrogens with zero attached hydrogens (tertiary/aromatic N) is 1. The van der Waals surface area contributed by atoms with E-state index in [1.165, 1.54) is 30.3 Å². The highest BCUT2D eigenvalue weighted by molar-refractivity contribution is 7.91. The lowest BCUT2D eigenvalue weighted by molar-refractivity contribution is -0.384. The number of hydrogen-bond acceptors (Lipinski definition) is 5. The number of rotatable bonds is 4. The van der Waals surface area contributed by atoms with Crippen LogP contribution in [0.15, 0.2) is 87.4 Å². The molecule has 0 bridgehead atoms. The third kappa shape index (κ3) is 3.27. The van der Waals surface area contributed by atoms with Gasteiger partial charge in [0.2, 0.25) is 9.84 Å². The number of aromatic amines is 1. The van der Waals surface area contributed by atoms with Crippen molar-refractivity contribution in [3.05, 3.63) is 98.8 Å². The number of aromatic nitrogens is 1. The molecular formula is C22H16N2O5S. The van der Waals surface area contributed by atoms with Crippen molar-refractivity contribution in [2.24, 2.45) is 0 Å². The van der Waals surface area contributed by atoms with Gasteiger partial charge in [0.25, 0.3) is 11.2 Å². The van der Waals surface area contributed by atoms with E-state index in [4.69, 9.17) is 0 Å². The number of nitro groups is 1. The molecule has 0 aliphatic heterocycles. The molecule has 4 aromatic rings. The van der Waals surface area contributed by atoms with Crippen molar-refractivity contribution in [3.63, 3.8) is 0 Å². The summed E-state index contributed by atoms with van der Waals surface area (Å²) >= 11 is 0. The van der Waals surface area contributed by atoms with Crippen molar-refractivity contribution >= 4 is 26.4 Å². The van der Waals surface area contributed by atoms with Gasteiger partial charge in [-0.05, 0) is 30.7 Å². The van der Waals surface area contributed by atoms with Crippen LogP contribution in [0.5, 0.6) is 0 Å². The molecule has 0 unspecified atom stereocenters. The van der Waals surface area contributed by atoms with E-state index in [-0.39, 0.29) is 21.5 Å². The number of aryl methyl sites for hydroxylation is 1. The summed E-state index contributed by atoms with van der Waals surface area (Å²) in [5, 5.41) is 11.6. The van der Waals surface area contributed by atoms with Crippen LogP contribution in [0.3, 0.4) is 0 Å². The quantitative estimate of drug-likeness (QED) is 0.392. The number of benzene rings is 3.